The summed E-state index contributed by atoms with van der Waals surface area (Å²) in [6, 6.07) is 0.678. The maximum Gasteiger partial charge on any atom is 0.0673 e. The molecule has 3 nitrogen and oxygen atoms in total. The van der Waals surface area contributed by atoms with Gasteiger partial charge in [0.25, 0.3) is 0 Å². The number of ether oxygens (including phenoxy) is 1. The van der Waals surface area contributed by atoms with Gasteiger partial charge < -0.3 is 10.1 Å². The van der Waals surface area contributed by atoms with Crippen LogP contribution in [0.25, 0.3) is 0 Å². The summed E-state index contributed by atoms with van der Waals surface area (Å²) in [5.41, 5.74) is 0. The van der Waals surface area contributed by atoms with E-state index in [1.807, 2.05) is 0 Å². The molecule has 84 valence electrons. The van der Waals surface area contributed by atoms with Crippen LogP contribution in [-0.2, 0) is 4.74 Å². The van der Waals surface area contributed by atoms with Crippen molar-refractivity contribution in [2.45, 2.75) is 38.8 Å². The first-order chi connectivity index (χ1) is 6.76. The maximum absolute atomic E-state index is 5.55. The third kappa shape index (κ3) is 3.95. The standard InChI is InChI=1S/C11H24N2O/c1-4-14-10(2)8-13-7-5-6-11(9-13)12-3/h10-12H,4-9H2,1-3H3. The highest BCUT2D eigenvalue weighted by molar-refractivity contribution is 4.77. The Morgan fingerprint density at radius 3 is 3.00 bits per heavy atom. The molecule has 1 heterocycles. The van der Waals surface area contributed by atoms with Gasteiger partial charge in [-0.3, -0.25) is 4.90 Å². The molecule has 2 atom stereocenters. The fourth-order valence-corrected chi connectivity index (χ4v) is 2.16. The highest BCUT2D eigenvalue weighted by Crippen LogP contribution is 2.10. The third-order valence-corrected chi connectivity index (χ3v) is 2.88. The van der Waals surface area contributed by atoms with Crippen molar-refractivity contribution in [1.82, 2.24) is 10.2 Å². The van der Waals surface area contributed by atoms with Crippen LogP contribution in [0.2, 0.25) is 0 Å². The second kappa shape index (κ2) is 6.38. The molecule has 1 aliphatic rings. The van der Waals surface area contributed by atoms with E-state index in [2.05, 4.69) is 31.1 Å². The Hall–Kier alpha value is -0.120. The number of likely N-dealkylation sites (N-methyl/N-ethyl adjacent to an activating group) is 1. The summed E-state index contributed by atoms with van der Waals surface area (Å²) in [4.78, 5) is 2.50. The van der Waals surface area contributed by atoms with E-state index in [-0.39, 0.29) is 0 Å². The molecule has 1 rings (SSSR count). The second-order valence-electron chi connectivity index (χ2n) is 4.15. The van der Waals surface area contributed by atoms with Crippen molar-refractivity contribution in [3.8, 4) is 0 Å². The number of nitrogens with zero attached hydrogens (tertiary/aromatic N) is 1. The minimum Gasteiger partial charge on any atom is -0.377 e. The maximum atomic E-state index is 5.55. The molecule has 1 N–H and O–H groups in total. The van der Waals surface area contributed by atoms with Crippen LogP contribution < -0.4 is 5.32 Å². The van der Waals surface area contributed by atoms with E-state index < -0.39 is 0 Å². The van der Waals surface area contributed by atoms with Crippen molar-refractivity contribution < 1.29 is 4.74 Å². The fourth-order valence-electron chi connectivity index (χ4n) is 2.16. The molecule has 2 unspecified atom stereocenters. The molecule has 1 fully saturated rings. The number of nitrogens with one attached hydrogen (secondary N) is 1. The lowest BCUT2D eigenvalue weighted by Crippen LogP contribution is -2.46. The average molecular weight is 200 g/mol. The van der Waals surface area contributed by atoms with Gasteiger partial charge in [-0.05, 0) is 40.3 Å². The summed E-state index contributed by atoms with van der Waals surface area (Å²) in [5, 5.41) is 3.36. The summed E-state index contributed by atoms with van der Waals surface area (Å²) >= 11 is 0. The molecule has 0 spiro atoms. The van der Waals surface area contributed by atoms with Gasteiger partial charge in [-0.2, -0.15) is 0 Å². The Morgan fingerprint density at radius 1 is 1.57 bits per heavy atom. The summed E-state index contributed by atoms with van der Waals surface area (Å²) in [5.74, 6) is 0. The van der Waals surface area contributed by atoms with Gasteiger partial charge in [-0.15, -0.1) is 0 Å². The van der Waals surface area contributed by atoms with E-state index in [0.29, 0.717) is 12.1 Å². The molecule has 0 saturated carbocycles. The molecule has 0 aromatic carbocycles. The van der Waals surface area contributed by atoms with Crippen LogP contribution >= 0.6 is 0 Å². The first-order valence-electron chi connectivity index (χ1n) is 5.77. The largest absolute Gasteiger partial charge is 0.377 e. The van der Waals surface area contributed by atoms with Crippen LogP contribution in [0, 0.1) is 0 Å². The van der Waals surface area contributed by atoms with Crippen molar-refractivity contribution >= 4 is 0 Å². The van der Waals surface area contributed by atoms with Gasteiger partial charge in [0, 0.05) is 25.7 Å². The number of hydrogen-bond donors (Lipinski definition) is 1. The van der Waals surface area contributed by atoms with E-state index in [1.165, 1.54) is 25.9 Å². The van der Waals surface area contributed by atoms with E-state index in [9.17, 15) is 0 Å². The molecule has 0 radical (unpaired) electrons. The molecule has 0 aromatic rings. The van der Waals surface area contributed by atoms with Crippen LogP contribution in [0.15, 0.2) is 0 Å². The summed E-state index contributed by atoms with van der Waals surface area (Å²) in [6.07, 6.45) is 3.00. The topological polar surface area (TPSA) is 24.5 Å². The van der Waals surface area contributed by atoms with Gasteiger partial charge in [0.1, 0.15) is 0 Å². The molecule has 3 heteroatoms. The monoisotopic (exact) mass is 200 g/mol. The lowest BCUT2D eigenvalue weighted by atomic mass is 10.1. The van der Waals surface area contributed by atoms with Crippen molar-refractivity contribution in [2.75, 3.05) is 33.3 Å². The third-order valence-electron chi connectivity index (χ3n) is 2.88. The molecule has 0 aliphatic carbocycles. The van der Waals surface area contributed by atoms with E-state index in [4.69, 9.17) is 4.74 Å². The summed E-state index contributed by atoms with van der Waals surface area (Å²) < 4.78 is 5.55. The molecular formula is C11H24N2O. The number of rotatable bonds is 5. The molecule has 0 amide bonds. The quantitative estimate of drug-likeness (QED) is 0.719. The minimum absolute atomic E-state index is 0.371. The van der Waals surface area contributed by atoms with E-state index >= 15 is 0 Å². The fraction of sp³-hybridized carbons (Fsp3) is 1.00. The highest BCUT2D eigenvalue weighted by atomic mass is 16.5. The summed E-state index contributed by atoms with van der Waals surface area (Å²) in [7, 11) is 2.06. The normalized spacial score (nSPS) is 26.4. The van der Waals surface area contributed by atoms with Gasteiger partial charge in [-0.1, -0.05) is 0 Å². The van der Waals surface area contributed by atoms with Crippen LogP contribution in [0.4, 0.5) is 0 Å². The average Bonchev–Trinajstić information content (AvgIpc) is 2.18. The molecule has 0 aromatic heterocycles. The van der Waals surface area contributed by atoms with E-state index in [0.717, 1.165) is 13.2 Å². The first kappa shape index (κ1) is 12.0. The highest BCUT2D eigenvalue weighted by Gasteiger charge is 2.19. The summed E-state index contributed by atoms with van der Waals surface area (Å²) in [6.45, 7) is 8.52. The Labute approximate surface area is 87.8 Å². The molecular weight excluding hydrogens is 176 g/mol. The molecule has 1 aliphatic heterocycles. The van der Waals surface area contributed by atoms with Crippen LogP contribution in [-0.4, -0.2) is 50.3 Å². The first-order valence-corrected chi connectivity index (χ1v) is 5.77. The zero-order chi connectivity index (χ0) is 10.4. The van der Waals surface area contributed by atoms with Crippen LogP contribution in [0.5, 0.6) is 0 Å². The Morgan fingerprint density at radius 2 is 2.36 bits per heavy atom. The predicted molar refractivity (Wildman–Crippen MR) is 59.6 cm³/mol. The molecule has 1 saturated heterocycles. The smallest absolute Gasteiger partial charge is 0.0673 e. The lowest BCUT2D eigenvalue weighted by Gasteiger charge is -2.33. The van der Waals surface area contributed by atoms with Gasteiger partial charge in [0.15, 0.2) is 0 Å². The minimum atomic E-state index is 0.371. The van der Waals surface area contributed by atoms with Crippen LogP contribution in [0.3, 0.4) is 0 Å². The second-order valence-corrected chi connectivity index (χ2v) is 4.15. The van der Waals surface area contributed by atoms with Gasteiger partial charge in [0.2, 0.25) is 0 Å². The Balaban J connectivity index is 2.22. The predicted octanol–water partition coefficient (Wildman–Crippen LogP) is 1.10. The SMILES string of the molecule is CCOC(C)CN1CCCC(NC)C1. The molecule has 14 heavy (non-hydrogen) atoms. The zero-order valence-corrected chi connectivity index (χ0v) is 9.75. The Kier molecular flexibility index (Phi) is 5.45. The lowest BCUT2D eigenvalue weighted by molar-refractivity contribution is 0.0372. The van der Waals surface area contributed by atoms with Crippen molar-refractivity contribution in [2.24, 2.45) is 0 Å². The Bertz CT molecular complexity index is 152. The number of hydrogen-bond acceptors (Lipinski definition) is 3. The van der Waals surface area contributed by atoms with Crippen LogP contribution in [0.1, 0.15) is 26.7 Å². The van der Waals surface area contributed by atoms with Gasteiger partial charge in [0.05, 0.1) is 6.10 Å². The number of piperidine rings is 1. The molecule has 0 bridgehead atoms. The number of likely N-dealkylation sites (tertiary alicyclic amines) is 1. The van der Waals surface area contributed by atoms with Gasteiger partial charge >= 0.3 is 0 Å². The van der Waals surface area contributed by atoms with Crippen molar-refractivity contribution in [3.63, 3.8) is 0 Å². The zero-order valence-electron chi connectivity index (χ0n) is 9.75. The van der Waals surface area contributed by atoms with Crippen molar-refractivity contribution in [1.29, 1.82) is 0 Å². The van der Waals surface area contributed by atoms with E-state index in [1.54, 1.807) is 0 Å². The van der Waals surface area contributed by atoms with Gasteiger partial charge in [-0.25, -0.2) is 0 Å². The van der Waals surface area contributed by atoms with Crippen molar-refractivity contribution in [3.05, 3.63) is 0 Å².